The van der Waals surface area contributed by atoms with E-state index < -0.39 is 6.10 Å². The molecule has 0 aromatic heterocycles. The van der Waals surface area contributed by atoms with Gasteiger partial charge in [-0.3, -0.25) is 4.79 Å². The van der Waals surface area contributed by atoms with Crippen molar-refractivity contribution in [1.82, 2.24) is 10.2 Å². The Morgan fingerprint density at radius 3 is 2.81 bits per heavy atom. The van der Waals surface area contributed by atoms with Gasteiger partial charge in [0, 0.05) is 26.6 Å². The number of nitrogens with one attached hydrogen (secondary N) is 1. The highest BCUT2D eigenvalue weighted by molar-refractivity contribution is 5.76. The van der Waals surface area contributed by atoms with Crippen molar-refractivity contribution in [3.63, 3.8) is 0 Å². The van der Waals surface area contributed by atoms with E-state index in [1.54, 1.807) is 7.11 Å². The first-order valence-corrected chi connectivity index (χ1v) is 7.40. The normalized spacial score (nSPS) is 35.2. The molecule has 0 aromatic rings. The molecule has 2 fully saturated rings. The number of rotatable bonds is 7. The summed E-state index contributed by atoms with van der Waals surface area (Å²) in [6.07, 6.45) is -0.495. The van der Waals surface area contributed by atoms with Crippen LogP contribution in [-0.2, 0) is 19.0 Å². The number of amides is 1. The van der Waals surface area contributed by atoms with Crippen LogP contribution < -0.4 is 5.32 Å². The first kappa shape index (κ1) is 16.6. The van der Waals surface area contributed by atoms with Gasteiger partial charge in [0.25, 0.3) is 0 Å². The topological polar surface area (TPSA) is 80.3 Å². The predicted octanol–water partition coefficient (Wildman–Crippen LogP) is -1.01. The summed E-state index contributed by atoms with van der Waals surface area (Å²) in [4.78, 5) is 13.7. The van der Waals surface area contributed by atoms with Gasteiger partial charge in [-0.2, -0.15) is 0 Å². The average molecular weight is 302 g/mol. The molecule has 122 valence electrons. The van der Waals surface area contributed by atoms with Crippen molar-refractivity contribution >= 4 is 5.91 Å². The van der Waals surface area contributed by atoms with Crippen LogP contribution in [0.4, 0.5) is 0 Å². The molecule has 7 heteroatoms. The molecule has 5 atom stereocenters. The Morgan fingerprint density at radius 2 is 2.19 bits per heavy atom. The van der Waals surface area contributed by atoms with E-state index in [1.165, 1.54) is 0 Å². The van der Waals surface area contributed by atoms with Crippen molar-refractivity contribution in [1.29, 1.82) is 0 Å². The first-order valence-electron chi connectivity index (χ1n) is 7.40. The van der Waals surface area contributed by atoms with E-state index in [2.05, 4.69) is 5.32 Å². The number of likely N-dealkylation sites (N-methyl/N-ethyl adjacent to an activating group) is 1. The van der Waals surface area contributed by atoms with Crippen LogP contribution >= 0.6 is 0 Å². The molecule has 2 aliphatic rings. The van der Waals surface area contributed by atoms with Gasteiger partial charge < -0.3 is 29.5 Å². The fraction of sp³-hybridized carbons (Fsp3) is 0.929. The van der Waals surface area contributed by atoms with E-state index in [1.807, 2.05) is 19.0 Å². The number of hydrogen-bond donors (Lipinski definition) is 2. The number of fused-ring (bicyclic) bond motifs is 1. The molecule has 1 amide bonds. The second kappa shape index (κ2) is 7.51. The zero-order valence-electron chi connectivity index (χ0n) is 12.9. The molecule has 0 aliphatic carbocycles. The number of hydrogen-bond acceptors (Lipinski definition) is 6. The Morgan fingerprint density at radius 1 is 1.43 bits per heavy atom. The van der Waals surface area contributed by atoms with E-state index in [-0.39, 0.29) is 30.3 Å². The molecular weight excluding hydrogens is 276 g/mol. The molecule has 0 unspecified atom stereocenters. The number of carbonyl (C=O) groups excluding carboxylic acids is 1. The molecule has 21 heavy (non-hydrogen) atoms. The Hall–Kier alpha value is -0.730. The number of methoxy groups -OCH3 is 1. The molecule has 0 saturated carbocycles. The second-order valence-corrected chi connectivity index (χ2v) is 5.97. The molecular formula is C14H26N2O5. The summed E-state index contributed by atoms with van der Waals surface area (Å²) in [5, 5.41) is 13.0. The first-order chi connectivity index (χ1) is 10.0. The van der Waals surface area contributed by atoms with Gasteiger partial charge in [0.1, 0.15) is 12.2 Å². The molecule has 0 spiro atoms. The fourth-order valence-corrected chi connectivity index (χ4v) is 2.92. The SMILES string of the molecule is COCCNC(=O)C[C@@H]1C[C@H]2O[C@H](CN(C)C)[C@@H](O)[C@H]2O1. The molecule has 7 nitrogen and oxygen atoms in total. The average Bonchev–Trinajstić information content (AvgIpc) is 2.90. The fourth-order valence-electron chi connectivity index (χ4n) is 2.92. The van der Waals surface area contributed by atoms with Gasteiger partial charge in [0.15, 0.2) is 0 Å². The van der Waals surface area contributed by atoms with Crippen molar-refractivity contribution in [2.24, 2.45) is 0 Å². The van der Waals surface area contributed by atoms with Crippen LogP contribution in [0.1, 0.15) is 12.8 Å². The van der Waals surface area contributed by atoms with E-state index >= 15 is 0 Å². The van der Waals surface area contributed by atoms with Gasteiger partial charge in [0.05, 0.1) is 31.3 Å². The summed E-state index contributed by atoms with van der Waals surface area (Å²) in [5.74, 6) is -0.0589. The summed E-state index contributed by atoms with van der Waals surface area (Å²) >= 11 is 0. The van der Waals surface area contributed by atoms with Gasteiger partial charge in [-0.25, -0.2) is 0 Å². The Balaban J connectivity index is 1.74. The predicted molar refractivity (Wildman–Crippen MR) is 76.0 cm³/mol. The lowest BCUT2D eigenvalue weighted by atomic mass is 10.1. The lowest BCUT2D eigenvalue weighted by molar-refractivity contribution is -0.125. The van der Waals surface area contributed by atoms with E-state index in [0.717, 1.165) is 0 Å². The van der Waals surface area contributed by atoms with Crippen molar-refractivity contribution in [3.8, 4) is 0 Å². The molecule has 0 aromatic carbocycles. The third kappa shape index (κ3) is 4.37. The number of nitrogens with zero attached hydrogens (tertiary/aromatic N) is 1. The van der Waals surface area contributed by atoms with Crippen LogP contribution in [-0.4, -0.2) is 87.3 Å². The minimum atomic E-state index is -0.626. The highest BCUT2D eigenvalue weighted by Crippen LogP contribution is 2.35. The largest absolute Gasteiger partial charge is 0.388 e. The zero-order chi connectivity index (χ0) is 15.4. The molecule has 2 rings (SSSR count). The summed E-state index contributed by atoms with van der Waals surface area (Å²) < 4.78 is 16.5. The quantitative estimate of drug-likeness (QED) is 0.587. The van der Waals surface area contributed by atoms with Gasteiger partial charge in [-0.15, -0.1) is 0 Å². The molecule has 2 heterocycles. The maximum atomic E-state index is 11.7. The highest BCUT2D eigenvalue weighted by atomic mass is 16.6. The smallest absolute Gasteiger partial charge is 0.222 e. The summed E-state index contributed by atoms with van der Waals surface area (Å²) in [5.41, 5.74) is 0. The van der Waals surface area contributed by atoms with E-state index in [9.17, 15) is 9.90 Å². The van der Waals surface area contributed by atoms with Gasteiger partial charge in [-0.1, -0.05) is 0 Å². The Kier molecular flexibility index (Phi) is 5.95. The van der Waals surface area contributed by atoms with Crippen LogP contribution in [0, 0.1) is 0 Å². The van der Waals surface area contributed by atoms with Crippen molar-refractivity contribution in [2.45, 2.75) is 43.4 Å². The van der Waals surface area contributed by atoms with Crippen LogP contribution in [0.5, 0.6) is 0 Å². The second-order valence-electron chi connectivity index (χ2n) is 5.97. The van der Waals surface area contributed by atoms with Gasteiger partial charge >= 0.3 is 0 Å². The summed E-state index contributed by atoms with van der Waals surface area (Å²) in [7, 11) is 5.48. The number of carbonyl (C=O) groups is 1. The molecule has 2 aliphatic heterocycles. The lowest BCUT2D eigenvalue weighted by Gasteiger charge is -2.22. The number of aliphatic hydroxyl groups excluding tert-OH is 1. The Labute approximate surface area is 125 Å². The molecule has 2 N–H and O–H groups in total. The number of aliphatic hydroxyl groups is 1. The third-order valence-electron chi connectivity index (χ3n) is 3.86. The maximum absolute atomic E-state index is 11.7. The monoisotopic (exact) mass is 302 g/mol. The summed E-state index contributed by atoms with van der Waals surface area (Å²) in [6, 6.07) is 0. The van der Waals surface area contributed by atoms with E-state index in [4.69, 9.17) is 14.2 Å². The molecule has 2 saturated heterocycles. The van der Waals surface area contributed by atoms with Crippen LogP contribution in [0.25, 0.3) is 0 Å². The van der Waals surface area contributed by atoms with Crippen molar-refractivity contribution in [2.75, 3.05) is 40.9 Å². The minimum Gasteiger partial charge on any atom is -0.388 e. The van der Waals surface area contributed by atoms with Crippen molar-refractivity contribution < 1.29 is 24.1 Å². The summed E-state index contributed by atoms with van der Waals surface area (Å²) in [6.45, 7) is 1.66. The van der Waals surface area contributed by atoms with Gasteiger partial charge in [0.2, 0.25) is 5.91 Å². The van der Waals surface area contributed by atoms with E-state index in [0.29, 0.717) is 32.5 Å². The van der Waals surface area contributed by atoms with Crippen LogP contribution in [0.3, 0.4) is 0 Å². The standard InChI is InChI=1S/C14H26N2O5/c1-16(2)8-11-13(18)14-10(21-11)6-9(20-14)7-12(17)15-4-5-19-3/h9-11,13-14,18H,4-8H2,1-3H3,(H,15,17)/t9-,10+,11+,13+,14-/m0/s1. The highest BCUT2D eigenvalue weighted by Gasteiger charge is 2.50. The third-order valence-corrected chi connectivity index (χ3v) is 3.86. The minimum absolute atomic E-state index is 0.0589. The lowest BCUT2D eigenvalue weighted by Crippen LogP contribution is -2.38. The van der Waals surface area contributed by atoms with Crippen molar-refractivity contribution in [3.05, 3.63) is 0 Å². The maximum Gasteiger partial charge on any atom is 0.222 e. The van der Waals surface area contributed by atoms with Gasteiger partial charge in [-0.05, 0) is 14.1 Å². The number of ether oxygens (including phenoxy) is 3. The Bertz CT molecular complexity index is 352. The van der Waals surface area contributed by atoms with Crippen LogP contribution in [0.2, 0.25) is 0 Å². The zero-order valence-corrected chi connectivity index (χ0v) is 12.9. The van der Waals surface area contributed by atoms with Crippen LogP contribution in [0.15, 0.2) is 0 Å². The molecule has 0 radical (unpaired) electrons. The molecule has 0 bridgehead atoms.